The van der Waals surface area contributed by atoms with E-state index in [9.17, 15) is 13.2 Å². The third-order valence-electron chi connectivity index (χ3n) is 5.13. The van der Waals surface area contributed by atoms with Crippen LogP contribution in [0.5, 0.6) is 11.5 Å². The van der Waals surface area contributed by atoms with Gasteiger partial charge in [-0.3, -0.25) is 9.10 Å². The molecule has 1 aliphatic heterocycles. The number of aryl methyl sites for hydroxylation is 1. The Balaban J connectivity index is 1.47. The van der Waals surface area contributed by atoms with Crippen LogP contribution < -0.4 is 19.1 Å². The van der Waals surface area contributed by atoms with Crippen molar-refractivity contribution in [3.05, 3.63) is 83.4 Å². The van der Waals surface area contributed by atoms with Gasteiger partial charge < -0.3 is 14.8 Å². The maximum Gasteiger partial charge on any atom is 0.264 e. The summed E-state index contributed by atoms with van der Waals surface area (Å²) in [6.07, 6.45) is -1.01. The molecule has 1 heterocycles. The molecule has 3 aromatic rings. The van der Waals surface area contributed by atoms with Crippen molar-refractivity contribution in [1.29, 1.82) is 0 Å². The van der Waals surface area contributed by atoms with Gasteiger partial charge in [0, 0.05) is 0 Å². The summed E-state index contributed by atoms with van der Waals surface area (Å²) in [5.41, 5.74) is 1.34. The van der Waals surface area contributed by atoms with Crippen LogP contribution in [-0.2, 0) is 14.8 Å². The zero-order chi connectivity index (χ0) is 23.4. The van der Waals surface area contributed by atoms with Crippen molar-refractivity contribution in [2.45, 2.75) is 17.9 Å². The largest absolute Gasteiger partial charge is 0.490 e. The molecule has 1 N–H and O–H groups in total. The zero-order valence-electron chi connectivity index (χ0n) is 17.9. The molecular weight excluding hydrogens is 464 g/mol. The number of carbonyl (C=O) groups excluding carboxylic acids is 1. The first-order valence-electron chi connectivity index (χ1n) is 10.4. The van der Waals surface area contributed by atoms with E-state index in [-0.39, 0.29) is 24.6 Å². The molecule has 0 aliphatic carbocycles. The molecule has 0 bridgehead atoms. The quantitative estimate of drug-likeness (QED) is 0.513. The Hall–Kier alpha value is -3.23. The van der Waals surface area contributed by atoms with E-state index in [0.29, 0.717) is 22.2 Å². The minimum Gasteiger partial charge on any atom is -0.490 e. The van der Waals surface area contributed by atoms with E-state index < -0.39 is 22.0 Å². The number of carbonyl (C=O) groups is 1. The highest BCUT2D eigenvalue weighted by molar-refractivity contribution is 7.92. The molecule has 0 saturated heterocycles. The standard InChI is InChI=1S/C24H23ClN2O5S/c1-17-10-12-18(13-11-17)33(29,30)27-16-23(32-22-9-5-3-7-20(22)27)24(28)26-14-15-31-21-8-4-2-6-19(21)25/h2-13,23H,14-16H2,1H3,(H,26,28)/t23-/m0/s1. The van der Waals surface area contributed by atoms with E-state index in [4.69, 9.17) is 21.1 Å². The van der Waals surface area contributed by atoms with Crippen molar-refractivity contribution >= 4 is 33.2 Å². The lowest BCUT2D eigenvalue weighted by Gasteiger charge is -2.34. The second kappa shape index (κ2) is 9.72. The number of nitrogens with zero attached hydrogens (tertiary/aromatic N) is 1. The summed E-state index contributed by atoms with van der Waals surface area (Å²) in [5.74, 6) is 0.412. The lowest BCUT2D eigenvalue weighted by molar-refractivity contribution is -0.127. The number of fused-ring (bicyclic) bond motifs is 1. The summed E-state index contributed by atoms with van der Waals surface area (Å²) in [6, 6.07) is 20.4. The topological polar surface area (TPSA) is 84.9 Å². The van der Waals surface area contributed by atoms with Gasteiger partial charge in [-0.15, -0.1) is 0 Å². The fourth-order valence-corrected chi connectivity index (χ4v) is 5.08. The monoisotopic (exact) mass is 486 g/mol. The number of benzene rings is 3. The number of nitrogens with one attached hydrogen (secondary N) is 1. The molecule has 0 fully saturated rings. The molecule has 172 valence electrons. The zero-order valence-corrected chi connectivity index (χ0v) is 19.5. The molecule has 3 aromatic carbocycles. The maximum absolute atomic E-state index is 13.4. The number of hydrogen-bond donors (Lipinski definition) is 1. The Morgan fingerprint density at radius 1 is 1.09 bits per heavy atom. The molecule has 1 aliphatic rings. The van der Waals surface area contributed by atoms with Crippen LogP contribution >= 0.6 is 11.6 Å². The van der Waals surface area contributed by atoms with Crippen LogP contribution in [0.3, 0.4) is 0 Å². The molecule has 0 spiro atoms. The summed E-state index contributed by atoms with van der Waals surface area (Å²) < 4.78 is 39.4. The average Bonchev–Trinajstić information content (AvgIpc) is 2.82. The van der Waals surface area contributed by atoms with Gasteiger partial charge in [-0.2, -0.15) is 0 Å². The summed E-state index contributed by atoms with van der Waals surface area (Å²) in [5, 5.41) is 3.22. The number of halogens is 1. The first kappa shape index (κ1) is 22.9. The number of rotatable bonds is 7. The predicted molar refractivity (Wildman–Crippen MR) is 127 cm³/mol. The third kappa shape index (κ3) is 5.07. The fourth-order valence-electron chi connectivity index (χ4n) is 3.41. The van der Waals surface area contributed by atoms with Crippen LogP contribution in [0.1, 0.15) is 5.56 Å². The van der Waals surface area contributed by atoms with E-state index >= 15 is 0 Å². The normalized spacial score (nSPS) is 15.3. The fraction of sp³-hybridized carbons (Fsp3) is 0.208. The van der Waals surface area contributed by atoms with Crippen molar-refractivity contribution < 1.29 is 22.7 Å². The maximum atomic E-state index is 13.4. The molecule has 1 amide bonds. The van der Waals surface area contributed by atoms with E-state index in [2.05, 4.69) is 5.32 Å². The van der Waals surface area contributed by atoms with Crippen LogP contribution in [0, 0.1) is 6.92 Å². The van der Waals surface area contributed by atoms with E-state index in [0.717, 1.165) is 5.56 Å². The van der Waals surface area contributed by atoms with Gasteiger partial charge in [-0.05, 0) is 43.3 Å². The van der Waals surface area contributed by atoms with Crippen molar-refractivity contribution in [2.75, 3.05) is 24.0 Å². The van der Waals surface area contributed by atoms with Crippen LogP contribution in [0.25, 0.3) is 0 Å². The SMILES string of the molecule is Cc1ccc(S(=O)(=O)N2C[C@@H](C(=O)NCCOc3ccccc3Cl)Oc3ccccc32)cc1. The number of anilines is 1. The van der Waals surface area contributed by atoms with Crippen molar-refractivity contribution in [3.8, 4) is 11.5 Å². The molecule has 4 rings (SSSR count). The van der Waals surface area contributed by atoms with Gasteiger partial charge in [0.25, 0.3) is 15.9 Å². The lowest BCUT2D eigenvalue weighted by atomic mass is 10.2. The Kier molecular flexibility index (Phi) is 6.76. The van der Waals surface area contributed by atoms with Crippen molar-refractivity contribution in [1.82, 2.24) is 5.32 Å². The van der Waals surface area contributed by atoms with Gasteiger partial charge in [0.05, 0.1) is 28.7 Å². The van der Waals surface area contributed by atoms with Gasteiger partial charge in [0.1, 0.15) is 18.1 Å². The molecule has 33 heavy (non-hydrogen) atoms. The Bertz CT molecular complexity index is 1250. The van der Waals surface area contributed by atoms with E-state index in [1.54, 1.807) is 72.8 Å². The second-order valence-corrected chi connectivity index (χ2v) is 9.76. The Morgan fingerprint density at radius 2 is 1.79 bits per heavy atom. The number of amides is 1. The Labute approximate surface area is 197 Å². The highest BCUT2D eigenvalue weighted by atomic mass is 35.5. The second-order valence-electron chi connectivity index (χ2n) is 7.49. The molecule has 1 atom stereocenters. The number of sulfonamides is 1. The highest BCUT2D eigenvalue weighted by Gasteiger charge is 2.37. The first-order chi connectivity index (χ1) is 15.9. The molecule has 0 saturated carbocycles. The van der Waals surface area contributed by atoms with Crippen molar-refractivity contribution in [3.63, 3.8) is 0 Å². The molecule has 0 aromatic heterocycles. The predicted octanol–water partition coefficient (Wildman–Crippen LogP) is 3.80. The van der Waals surface area contributed by atoms with Gasteiger partial charge in [-0.25, -0.2) is 8.42 Å². The molecule has 0 radical (unpaired) electrons. The van der Waals surface area contributed by atoms with Crippen LogP contribution in [-0.4, -0.2) is 40.1 Å². The smallest absolute Gasteiger partial charge is 0.264 e. The molecular formula is C24H23ClN2O5S. The Morgan fingerprint density at radius 3 is 2.55 bits per heavy atom. The summed E-state index contributed by atoms with van der Waals surface area (Å²) in [4.78, 5) is 13.0. The van der Waals surface area contributed by atoms with Gasteiger partial charge in [0.2, 0.25) is 0 Å². The van der Waals surface area contributed by atoms with Crippen molar-refractivity contribution in [2.24, 2.45) is 0 Å². The third-order valence-corrected chi connectivity index (χ3v) is 7.24. The van der Waals surface area contributed by atoms with Crippen LogP contribution in [0.15, 0.2) is 77.7 Å². The van der Waals surface area contributed by atoms with Crippen LogP contribution in [0.4, 0.5) is 5.69 Å². The van der Waals surface area contributed by atoms with E-state index in [1.807, 2.05) is 6.92 Å². The number of ether oxygens (including phenoxy) is 2. The minimum atomic E-state index is -3.89. The minimum absolute atomic E-state index is 0.148. The average molecular weight is 487 g/mol. The highest BCUT2D eigenvalue weighted by Crippen LogP contribution is 2.36. The van der Waals surface area contributed by atoms with Gasteiger partial charge in [0.15, 0.2) is 6.10 Å². The summed E-state index contributed by atoms with van der Waals surface area (Å²) in [7, 11) is -3.89. The summed E-state index contributed by atoms with van der Waals surface area (Å²) >= 11 is 6.06. The molecule has 9 heteroatoms. The number of hydrogen-bond acceptors (Lipinski definition) is 5. The summed E-state index contributed by atoms with van der Waals surface area (Å²) in [6.45, 7) is 2.14. The van der Waals surface area contributed by atoms with Gasteiger partial charge in [-0.1, -0.05) is 53.6 Å². The first-order valence-corrected chi connectivity index (χ1v) is 12.2. The number of para-hydroxylation sites is 3. The van der Waals surface area contributed by atoms with Crippen LogP contribution in [0.2, 0.25) is 5.02 Å². The van der Waals surface area contributed by atoms with E-state index in [1.165, 1.54) is 4.31 Å². The molecule has 7 nitrogen and oxygen atoms in total. The molecule has 0 unspecified atom stereocenters. The lowest BCUT2D eigenvalue weighted by Crippen LogP contribution is -2.51. The van der Waals surface area contributed by atoms with Gasteiger partial charge >= 0.3 is 0 Å².